The molecule has 1 amide bonds. The predicted molar refractivity (Wildman–Crippen MR) is 103 cm³/mol. The number of nitrogens with zero attached hydrogens (tertiary/aromatic N) is 3. The van der Waals surface area contributed by atoms with Crippen LogP contribution < -0.4 is 5.32 Å². The quantitative estimate of drug-likeness (QED) is 0.697. The first-order valence-corrected chi connectivity index (χ1v) is 8.73. The van der Waals surface area contributed by atoms with E-state index in [-0.39, 0.29) is 11.7 Å². The largest absolute Gasteiger partial charge is 0.354 e. The Hall–Kier alpha value is -3.28. The average molecular weight is 364 g/mol. The number of halogens is 1. The summed E-state index contributed by atoms with van der Waals surface area (Å²) in [6, 6.07) is 18.0. The summed E-state index contributed by atoms with van der Waals surface area (Å²) in [6.07, 6.45) is 2.05. The lowest BCUT2D eigenvalue weighted by molar-refractivity contribution is 0.0779. The molecule has 1 heterocycles. The van der Waals surface area contributed by atoms with Gasteiger partial charge in [-0.1, -0.05) is 48.5 Å². The Kier molecular flexibility index (Phi) is 6.10. The number of anilines is 1. The van der Waals surface area contributed by atoms with Crippen LogP contribution in [-0.2, 0) is 13.0 Å². The number of carbonyl (C=O) groups is 1. The van der Waals surface area contributed by atoms with Crippen LogP contribution >= 0.6 is 0 Å². The second-order valence-electron chi connectivity index (χ2n) is 6.18. The van der Waals surface area contributed by atoms with Crippen molar-refractivity contribution >= 4 is 11.9 Å². The van der Waals surface area contributed by atoms with Crippen molar-refractivity contribution in [2.24, 2.45) is 0 Å². The van der Waals surface area contributed by atoms with E-state index in [9.17, 15) is 9.18 Å². The molecule has 1 N–H and O–H groups in total. The van der Waals surface area contributed by atoms with Crippen molar-refractivity contribution in [1.29, 1.82) is 0 Å². The molecule has 0 bridgehead atoms. The van der Waals surface area contributed by atoms with E-state index in [0.29, 0.717) is 36.7 Å². The molecule has 0 radical (unpaired) electrons. The fourth-order valence-corrected chi connectivity index (χ4v) is 2.70. The van der Waals surface area contributed by atoms with Crippen molar-refractivity contribution in [3.63, 3.8) is 0 Å². The molecule has 0 fully saturated rings. The Morgan fingerprint density at radius 1 is 1.07 bits per heavy atom. The molecule has 0 aliphatic heterocycles. The van der Waals surface area contributed by atoms with Crippen LogP contribution in [0.2, 0.25) is 0 Å². The zero-order valence-electron chi connectivity index (χ0n) is 15.1. The van der Waals surface area contributed by atoms with Gasteiger partial charge in [0.2, 0.25) is 5.95 Å². The molecule has 2 aromatic carbocycles. The highest BCUT2D eigenvalue weighted by Crippen LogP contribution is 2.10. The Morgan fingerprint density at radius 3 is 2.59 bits per heavy atom. The first kappa shape index (κ1) is 18.5. The van der Waals surface area contributed by atoms with Gasteiger partial charge in [0.15, 0.2) is 0 Å². The molecule has 0 unspecified atom stereocenters. The monoisotopic (exact) mass is 364 g/mol. The lowest BCUT2D eigenvalue weighted by atomic mass is 10.1. The van der Waals surface area contributed by atoms with Gasteiger partial charge in [0, 0.05) is 26.3 Å². The second kappa shape index (κ2) is 8.89. The Morgan fingerprint density at radius 2 is 1.81 bits per heavy atom. The second-order valence-corrected chi connectivity index (χ2v) is 6.18. The Bertz CT molecular complexity index is 901. The third kappa shape index (κ3) is 5.10. The van der Waals surface area contributed by atoms with Gasteiger partial charge in [-0.15, -0.1) is 0 Å². The molecule has 1 aromatic heterocycles. The minimum absolute atomic E-state index is 0.182. The molecule has 138 valence electrons. The molecule has 0 saturated carbocycles. The number of benzene rings is 2. The average Bonchev–Trinajstić information content (AvgIpc) is 2.70. The number of hydrogen-bond acceptors (Lipinski definition) is 4. The summed E-state index contributed by atoms with van der Waals surface area (Å²) >= 11 is 0. The summed E-state index contributed by atoms with van der Waals surface area (Å²) < 4.78 is 13.6. The van der Waals surface area contributed by atoms with Crippen molar-refractivity contribution in [3.8, 4) is 0 Å². The smallest absolute Gasteiger partial charge is 0.272 e. The zero-order valence-corrected chi connectivity index (χ0v) is 15.1. The van der Waals surface area contributed by atoms with E-state index in [1.807, 2.05) is 30.3 Å². The van der Waals surface area contributed by atoms with Gasteiger partial charge < -0.3 is 10.2 Å². The van der Waals surface area contributed by atoms with Gasteiger partial charge >= 0.3 is 0 Å². The van der Waals surface area contributed by atoms with Crippen LogP contribution in [0.5, 0.6) is 0 Å². The zero-order chi connectivity index (χ0) is 19.1. The highest BCUT2D eigenvalue weighted by atomic mass is 19.1. The summed E-state index contributed by atoms with van der Waals surface area (Å²) in [6.45, 7) is 0.970. The molecule has 0 spiro atoms. The van der Waals surface area contributed by atoms with Crippen LogP contribution in [0.1, 0.15) is 21.6 Å². The van der Waals surface area contributed by atoms with E-state index in [2.05, 4.69) is 15.3 Å². The highest BCUT2D eigenvalue weighted by molar-refractivity contribution is 5.92. The topological polar surface area (TPSA) is 58.1 Å². The van der Waals surface area contributed by atoms with Crippen molar-refractivity contribution in [2.75, 3.05) is 18.9 Å². The van der Waals surface area contributed by atoms with E-state index < -0.39 is 0 Å². The molecule has 0 aliphatic rings. The van der Waals surface area contributed by atoms with E-state index >= 15 is 0 Å². The molecule has 3 aromatic rings. The predicted octanol–water partition coefficient (Wildman–Crippen LogP) is 3.54. The number of hydrogen-bond donors (Lipinski definition) is 1. The number of amides is 1. The normalized spacial score (nSPS) is 10.4. The number of rotatable bonds is 7. The molecule has 3 rings (SSSR count). The summed E-state index contributed by atoms with van der Waals surface area (Å²) in [5.74, 6) is -0.0598. The van der Waals surface area contributed by atoms with Crippen molar-refractivity contribution in [1.82, 2.24) is 14.9 Å². The summed E-state index contributed by atoms with van der Waals surface area (Å²) in [4.78, 5) is 22.6. The van der Waals surface area contributed by atoms with Crippen LogP contribution in [0.15, 0.2) is 66.9 Å². The standard InChI is InChI=1S/C21H21FN4O/c1-26(15-16-7-3-2-4-8-16)20(27)19-12-14-24-21(25-19)23-13-11-17-9-5-6-10-18(17)22/h2-10,12,14H,11,13,15H2,1H3,(H,23,24,25). The molecule has 0 saturated heterocycles. The van der Waals surface area contributed by atoms with Gasteiger partial charge in [-0.25, -0.2) is 14.4 Å². The first-order chi connectivity index (χ1) is 13.1. The lowest BCUT2D eigenvalue weighted by Gasteiger charge is -2.17. The number of nitrogens with one attached hydrogen (secondary N) is 1. The minimum atomic E-state index is -0.230. The van der Waals surface area contributed by atoms with Crippen molar-refractivity contribution < 1.29 is 9.18 Å². The Balaban J connectivity index is 1.59. The van der Waals surface area contributed by atoms with Gasteiger partial charge in [-0.3, -0.25) is 4.79 Å². The van der Waals surface area contributed by atoms with Gasteiger partial charge in [-0.05, 0) is 29.7 Å². The third-order valence-electron chi connectivity index (χ3n) is 4.12. The molecule has 5 nitrogen and oxygen atoms in total. The first-order valence-electron chi connectivity index (χ1n) is 8.73. The molecule has 0 aliphatic carbocycles. The van der Waals surface area contributed by atoms with Crippen molar-refractivity contribution in [3.05, 3.63) is 89.5 Å². The molecular weight excluding hydrogens is 343 g/mol. The summed E-state index contributed by atoms with van der Waals surface area (Å²) in [5.41, 5.74) is 1.99. The van der Waals surface area contributed by atoms with E-state index in [4.69, 9.17) is 0 Å². The van der Waals surface area contributed by atoms with E-state index in [1.165, 1.54) is 6.07 Å². The SMILES string of the molecule is CN(Cc1ccccc1)C(=O)c1ccnc(NCCc2ccccc2F)n1. The van der Waals surface area contributed by atoms with E-state index in [1.54, 1.807) is 42.4 Å². The van der Waals surface area contributed by atoms with Gasteiger partial charge in [-0.2, -0.15) is 0 Å². The van der Waals surface area contributed by atoms with Gasteiger partial charge in [0.1, 0.15) is 11.5 Å². The minimum Gasteiger partial charge on any atom is -0.354 e. The Labute approximate surface area is 157 Å². The van der Waals surface area contributed by atoms with Crippen LogP contribution in [-0.4, -0.2) is 34.4 Å². The van der Waals surface area contributed by atoms with Crippen LogP contribution in [0, 0.1) is 5.82 Å². The lowest BCUT2D eigenvalue weighted by Crippen LogP contribution is -2.27. The molecule has 6 heteroatoms. The molecular formula is C21H21FN4O. The fraction of sp³-hybridized carbons (Fsp3) is 0.190. The maximum atomic E-state index is 13.6. The fourth-order valence-electron chi connectivity index (χ4n) is 2.70. The maximum Gasteiger partial charge on any atom is 0.272 e. The summed E-state index contributed by atoms with van der Waals surface area (Å²) in [5, 5.41) is 3.04. The number of carbonyl (C=O) groups excluding carboxylic acids is 1. The highest BCUT2D eigenvalue weighted by Gasteiger charge is 2.14. The van der Waals surface area contributed by atoms with E-state index in [0.717, 1.165) is 5.56 Å². The number of aromatic nitrogens is 2. The molecule has 27 heavy (non-hydrogen) atoms. The van der Waals surface area contributed by atoms with Gasteiger partial charge in [0.25, 0.3) is 5.91 Å². The van der Waals surface area contributed by atoms with Gasteiger partial charge in [0.05, 0.1) is 0 Å². The van der Waals surface area contributed by atoms with Crippen LogP contribution in [0.4, 0.5) is 10.3 Å². The van der Waals surface area contributed by atoms with Crippen LogP contribution in [0.25, 0.3) is 0 Å². The maximum absolute atomic E-state index is 13.6. The summed E-state index contributed by atoms with van der Waals surface area (Å²) in [7, 11) is 1.74. The van der Waals surface area contributed by atoms with Crippen molar-refractivity contribution in [2.45, 2.75) is 13.0 Å². The van der Waals surface area contributed by atoms with Crippen LogP contribution in [0.3, 0.4) is 0 Å². The molecule has 0 atom stereocenters. The third-order valence-corrected chi connectivity index (χ3v) is 4.12.